The number of nitrogens with zero attached hydrogens (tertiary/aromatic N) is 1. The fourth-order valence-electron chi connectivity index (χ4n) is 2.02. The van der Waals surface area contributed by atoms with Crippen molar-refractivity contribution in [2.24, 2.45) is 0 Å². The Morgan fingerprint density at radius 2 is 2.09 bits per heavy atom. The van der Waals surface area contributed by atoms with E-state index in [0.717, 1.165) is 17.0 Å². The van der Waals surface area contributed by atoms with Gasteiger partial charge in [0.1, 0.15) is 0 Å². The quantitative estimate of drug-likeness (QED) is 0.849. The Labute approximate surface area is 140 Å². The highest BCUT2D eigenvalue weighted by Crippen LogP contribution is 2.36. The molecule has 0 aliphatic rings. The van der Waals surface area contributed by atoms with E-state index in [9.17, 15) is 18.0 Å². The lowest BCUT2D eigenvalue weighted by molar-refractivity contribution is -0.137. The highest BCUT2D eigenvalue weighted by atomic mass is 35.5. The summed E-state index contributed by atoms with van der Waals surface area (Å²) in [6.07, 6.45) is -4.59. The largest absolute Gasteiger partial charge is 0.418 e. The predicted molar refractivity (Wildman–Crippen MR) is 85.7 cm³/mol. The van der Waals surface area contributed by atoms with Crippen molar-refractivity contribution in [1.82, 2.24) is 4.90 Å². The number of carbonyl (C=O) groups excluding carboxylic acids is 1. The fourth-order valence-corrected chi connectivity index (χ4v) is 2.98. The predicted octanol–water partition coefficient (Wildman–Crippen LogP) is 4.49. The van der Waals surface area contributed by atoms with Crippen LogP contribution in [0.4, 0.5) is 18.9 Å². The van der Waals surface area contributed by atoms with Gasteiger partial charge < -0.3 is 5.32 Å². The van der Waals surface area contributed by atoms with Crippen LogP contribution in [-0.2, 0) is 17.5 Å². The molecule has 0 radical (unpaired) electrons. The second-order valence-corrected chi connectivity index (χ2v) is 6.46. The molecule has 0 saturated carbocycles. The molecule has 0 atom stereocenters. The van der Waals surface area contributed by atoms with Crippen molar-refractivity contribution in [3.05, 3.63) is 51.2 Å². The minimum atomic E-state index is -4.59. The number of amides is 1. The number of halogens is 4. The van der Waals surface area contributed by atoms with Gasteiger partial charge in [-0.15, -0.1) is 11.3 Å². The van der Waals surface area contributed by atoms with Gasteiger partial charge in [-0.25, -0.2) is 0 Å². The molecule has 0 unspecified atom stereocenters. The molecule has 8 heteroatoms. The minimum absolute atomic E-state index is 0.0160. The van der Waals surface area contributed by atoms with Gasteiger partial charge in [0.05, 0.1) is 17.8 Å². The molecule has 1 aromatic heterocycles. The van der Waals surface area contributed by atoms with Gasteiger partial charge >= 0.3 is 6.18 Å². The third-order valence-electron chi connectivity index (χ3n) is 2.98. The Bertz CT molecular complexity index is 674. The molecule has 0 fully saturated rings. The highest BCUT2D eigenvalue weighted by molar-refractivity contribution is 7.09. The third-order valence-corrected chi connectivity index (χ3v) is 4.08. The van der Waals surface area contributed by atoms with E-state index in [-0.39, 0.29) is 17.3 Å². The van der Waals surface area contributed by atoms with Crippen LogP contribution >= 0.6 is 22.9 Å². The van der Waals surface area contributed by atoms with Gasteiger partial charge in [-0.1, -0.05) is 17.7 Å². The number of thiophene rings is 1. The van der Waals surface area contributed by atoms with E-state index in [4.69, 9.17) is 11.6 Å². The number of benzene rings is 1. The van der Waals surface area contributed by atoms with Gasteiger partial charge in [-0.3, -0.25) is 9.69 Å². The van der Waals surface area contributed by atoms with Crippen molar-refractivity contribution < 1.29 is 18.0 Å². The van der Waals surface area contributed by atoms with Crippen LogP contribution in [0.3, 0.4) is 0 Å². The summed E-state index contributed by atoms with van der Waals surface area (Å²) >= 11 is 7.16. The van der Waals surface area contributed by atoms with Crippen LogP contribution in [0.25, 0.3) is 0 Å². The van der Waals surface area contributed by atoms with E-state index in [0.29, 0.717) is 6.54 Å². The van der Waals surface area contributed by atoms with Crippen molar-refractivity contribution in [1.29, 1.82) is 0 Å². The molecule has 0 bridgehead atoms. The third kappa shape index (κ3) is 5.23. The molecule has 0 aliphatic carbocycles. The molecule has 2 aromatic rings. The first kappa shape index (κ1) is 17.8. The molecule has 2 rings (SSSR count). The molecule has 1 heterocycles. The number of anilines is 1. The van der Waals surface area contributed by atoms with E-state index in [2.05, 4.69) is 5.32 Å². The van der Waals surface area contributed by atoms with Crippen LogP contribution in [0.1, 0.15) is 10.4 Å². The first-order valence-corrected chi connectivity index (χ1v) is 7.89. The fraction of sp³-hybridized carbons (Fsp3) is 0.267. The average molecular weight is 363 g/mol. The van der Waals surface area contributed by atoms with Gasteiger partial charge in [0.15, 0.2) is 0 Å². The van der Waals surface area contributed by atoms with Crippen LogP contribution in [0.15, 0.2) is 35.7 Å². The van der Waals surface area contributed by atoms with Gasteiger partial charge in [-0.05, 0) is 36.7 Å². The molecule has 23 heavy (non-hydrogen) atoms. The van der Waals surface area contributed by atoms with Gasteiger partial charge in [0.2, 0.25) is 5.91 Å². The van der Waals surface area contributed by atoms with Crippen LogP contribution in [-0.4, -0.2) is 24.4 Å². The summed E-state index contributed by atoms with van der Waals surface area (Å²) in [5.41, 5.74) is -1.25. The second-order valence-electron chi connectivity index (χ2n) is 4.99. The molecule has 1 N–H and O–H groups in total. The first-order valence-electron chi connectivity index (χ1n) is 6.63. The number of alkyl halides is 3. The molecule has 124 valence electrons. The molecule has 0 saturated heterocycles. The van der Waals surface area contributed by atoms with Crippen LogP contribution < -0.4 is 5.32 Å². The zero-order valence-corrected chi connectivity index (χ0v) is 13.7. The maximum Gasteiger partial charge on any atom is 0.418 e. The lowest BCUT2D eigenvalue weighted by Gasteiger charge is -2.17. The number of hydrogen-bond acceptors (Lipinski definition) is 3. The monoisotopic (exact) mass is 362 g/mol. The van der Waals surface area contributed by atoms with Gasteiger partial charge in [-0.2, -0.15) is 13.2 Å². The van der Waals surface area contributed by atoms with Crippen molar-refractivity contribution >= 4 is 34.5 Å². The number of rotatable bonds is 5. The minimum Gasteiger partial charge on any atom is -0.324 e. The van der Waals surface area contributed by atoms with Crippen LogP contribution in [0, 0.1) is 0 Å². The smallest absolute Gasteiger partial charge is 0.324 e. The standard InChI is InChI=1S/C15H14ClF3N2OS/c1-21(8-11-3-2-6-23-11)9-14(22)20-13-5-4-10(16)7-12(13)15(17,18)19/h2-7H,8-9H2,1H3,(H,20,22). The van der Waals surface area contributed by atoms with Gasteiger partial charge in [0.25, 0.3) is 0 Å². The number of hydrogen-bond donors (Lipinski definition) is 1. The normalized spacial score (nSPS) is 11.7. The van der Waals surface area contributed by atoms with E-state index in [1.807, 2.05) is 17.5 Å². The number of carbonyl (C=O) groups is 1. The number of likely N-dealkylation sites (N-methyl/N-ethyl adjacent to an activating group) is 1. The summed E-state index contributed by atoms with van der Waals surface area (Å²) in [5.74, 6) is -0.517. The summed E-state index contributed by atoms with van der Waals surface area (Å²) < 4.78 is 38.9. The average Bonchev–Trinajstić information content (AvgIpc) is 2.92. The molecule has 1 amide bonds. The van der Waals surface area contributed by atoms with Crippen molar-refractivity contribution in [3.63, 3.8) is 0 Å². The summed E-state index contributed by atoms with van der Waals surface area (Å²) in [4.78, 5) is 14.8. The molecule has 0 spiro atoms. The second kappa shape index (κ2) is 7.33. The lowest BCUT2D eigenvalue weighted by Crippen LogP contribution is -2.30. The van der Waals surface area contributed by atoms with Crippen LogP contribution in [0.5, 0.6) is 0 Å². The van der Waals surface area contributed by atoms with E-state index in [1.165, 1.54) is 6.07 Å². The zero-order chi connectivity index (χ0) is 17.0. The maximum absolute atomic E-state index is 13.0. The molecule has 0 aliphatic heterocycles. The molecule has 3 nitrogen and oxygen atoms in total. The summed E-state index contributed by atoms with van der Waals surface area (Å²) in [6.45, 7) is 0.537. The van der Waals surface area contributed by atoms with Crippen molar-refractivity contribution in [2.75, 3.05) is 18.9 Å². The zero-order valence-electron chi connectivity index (χ0n) is 12.2. The Morgan fingerprint density at radius 3 is 2.70 bits per heavy atom. The lowest BCUT2D eigenvalue weighted by atomic mass is 10.1. The van der Waals surface area contributed by atoms with Crippen LogP contribution in [0.2, 0.25) is 5.02 Å². The molecular weight excluding hydrogens is 349 g/mol. The number of nitrogens with one attached hydrogen (secondary N) is 1. The van der Waals surface area contributed by atoms with Gasteiger partial charge in [0, 0.05) is 16.4 Å². The first-order chi connectivity index (χ1) is 10.8. The maximum atomic E-state index is 13.0. The van der Waals surface area contributed by atoms with E-state index >= 15 is 0 Å². The molecule has 1 aromatic carbocycles. The summed E-state index contributed by atoms with van der Waals surface area (Å²) in [6, 6.07) is 7.09. The Hall–Kier alpha value is -1.57. The Kier molecular flexibility index (Phi) is 5.67. The topological polar surface area (TPSA) is 32.3 Å². The summed E-state index contributed by atoms with van der Waals surface area (Å²) in [7, 11) is 1.73. The van der Waals surface area contributed by atoms with Crippen molar-refractivity contribution in [3.8, 4) is 0 Å². The highest BCUT2D eigenvalue weighted by Gasteiger charge is 2.34. The Morgan fingerprint density at radius 1 is 1.35 bits per heavy atom. The SMILES string of the molecule is CN(CC(=O)Nc1ccc(Cl)cc1C(F)(F)F)Cc1cccs1. The Balaban J connectivity index is 2.03. The van der Waals surface area contributed by atoms with Crippen molar-refractivity contribution in [2.45, 2.75) is 12.7 Å². The van der Waals surface area contributed by atoms with E-state index in [1.54, 1.807) is 23.3 Å². The molecular formula is C15H14ClF3N2OS. The summed E-state index contributed by atoms with van der Waals surface area (Å²) in [5, 5.41) is 4.19. The van der Waals surface area contributed by atoms with E-state index < -0.39 is 17.6 Å².